The molecular formula is C27H23FN2O6. The molecule has 0 radical (unpaired) electrons. The number of rotatable bonds is 8. The number of esters is 1. The molecule has 8 nitrogen and oxygen atoms in total. The second-order valence-electron chi connectivity index (χ2n) is 7.59. The number of carbonyl (C=O) groups is 2. The van der Waals surface area contributed by atoms with Gasteiger partial charge in [-0.15, -0.1) is 0 Å². The number of fused-ring (bicyclic) bond motifs is 1. The molecule has 3 aromatic carbocycles. The molecule has 0 saturated heterocycles. The highest BCUT2D eigenvalue weighted by Crippen LogP contribution is 2.41. The second kappa shape index (κ2) is 10.7. The third kappa shape index (κ3) is 5.05. The van der Waals surface area contributed by atoms with Gasteiger partial charge >= 0.3 is 5.97 Å². The monoisotopic (exact) mass is 490 g/mol. The molecule has 1 amide bonds. The van der Waals surface area contributed by atoms with Crippen LogP contribution in [-0.2, 0) is 9.53 Å². The zero-order valence-corrected chi connectivity index (χ0v) is 19.8. The van der Waals surface area contributed by atoms with Gasteiger partial charge in [-0.1, -0.05) is 30.3 Å². The maximum absolute atomic E-state index is 13.8. The standard InChI is InChI=1S/C27H23FN2O6/c1-33-23-12-16(13-24(34-2)26(23)35-3)22-14-18(17-8-4-6-10-20(17)29-22)27(32)36-15-25(31)30-21-11-7-5-9-19(21)28/h4-14H,15H2,1-3H3,(H,30,31). The largest absolute Gasteiger partial charge is 0.493 e. The van der Waals surface area contributed by atoms with Crippen molar-refractivity contribution in [3.8, 4) is 28.5 Å². The van der Waals surface area contributed by atoms with E-state index >= 15 is 0 Å². The number of nitrogens with zero attached hydrogens (tertiary/aromatic N) is 1. The molecular weight excluding hydrogens is 467 g/mol. The number of hydrogen-bond acceptors (Lipinski definition) is 7. The van der Waals surface area contributed by atoms with E-state index in [-0.39, 0.29) is 11.3 Å². The predicted octanol–water partition coefficient (Wildman–Crippen LogP) is 4.86. The van der Waals surface area contributed by atoms with Crippen molar-refractivity contribution in [2.75, 3.05) is 33.3 Å². The van der Waals surface area contributed by atoms with Crippen molar-refractivity contribution in [2.45, 2.75) is 0 Å². The molecule has 9 heteroatoms. The van der Waals surface area contributed by atoms with Gasteiger partial charge in [0.2, 0.25) is 5.75 Å². The van der Waals surface area contributed by atoms with Gasteiger partial charge in [0.25, 0.3) is 5.91 Å². The van der Waals surface area contributed by atoms with Crippen molar-refractivity contribution < 1.29 is 32.9 Å². The summed E-state index contributed by atoms with van der Waals surface area (Å²) in [6.45, 7) is -0.594. The van der Waals surface area contributed by atoms with Gasteiger partial charge in [0, 0.05) is 10.9 Å². The van der Waals surface area contributed by atoms with Crippen LogP contribution in [0.4, 0.5) is 10.1 Å². The average molecular weight is 490 g/mol. The lowest BCUT2D eigenvalue weighted by Gasteiger charge is -2.15. The van der Waals surface area contributed by atoms with Crippen molar-refractivity contribution in [2.24, 2.45) is 0 Å². The first kappa shape index (κ1) is 24.5. The van der Waals surface area contributed by atoms with Gasteiger partial charge in [-0.05, 0) is 36.4 Å². The van der Waals surface area contributed by atoms with Crippen LogP contribution in [0.5, 0.6) is 17.2 Å². The summed E-state index contributed by atoms with van der Waals surface area (Å²) in [5.74, 6) is -0.716. The molecule has 1 N–H and O–H groups in total. The first-order valence-electron chi connectivity index (χ1n) is 10.9. The minimum atomic E-state index is -0.731. The fourth-order valence-corrected chi connectivity index (χ4v) is 3.68. The molecule has 0 fully saturated rings. The zero-order chi connectivity index (χ0) is 25.7. The molecule has 0 saturated carbocycles. The van der Waals surface area contributed by atoms with E-state index in [1.165, 1.54) is 39.5 Å². The third-order valence-corrected chi connectivity index (χ3v) is 5.38. The Bertz CT molecular complexity index is 1410. The molecule has 0 spiro atoms. The lowest BCUT2D eigenvalue weighted by atomic mass is 10.0. The maximum atomic E-state index is 13.8. The Morgan fingerprint density at radius 1 is 0.889 bits per heavy atom. The van der Waals surface area contributed by atoms with Gasteiger partial charge < -0.3 is 24.3 Å². The molecule has 0 atom stereocenters. The van der Waals surface area contributed by atoms with Crippen LogP contribution >= 0.6 is 0 Å². The molecule has 0 aliphatic carbocycles. The first-order chi connectivity index (χ1) is 17.4. The highest BCUT2D eigenvalue weighted by molar-refractivity contribution is 6.05. The number of carbonyl (C=O) groups excluding carboxylic acids is 2. The summed E-state index contributed by atoms with van der Waals surface area (Å²) in [4.78, 5) is 30.0. The van der Waals surface area contributed by atoms with Gasteiger partial charge in [0.15, 0.2) is 18.1 Å². The number of aromatic nitrogens is 1. The van der Waals surface area contributed by atoms with Crippen LogP contribution in [0.3, 0.4) is 0 Å². The predicted molar refractivity (Wildman–Crippen MR) is 132 cm³/mol. The Labute approximate surface area is 206 Å². The summed E-state index contributed by atoms with van der Waals surface area (Å²) in [5.41, 5.74) is 1.82. The minimum Gasteiger partial charge on any atom is -0.493 e. The fourth-order valence-electron chi connectivity index (χ4n) is 3.68. The summed E-state index contributed by atoms with van der Waals surface area (Å²) in [6.07, 6.45) is 0. The molecule has 1 heterocycles. The van der Waals surface area contributed by atoms with E-state index in [2.05, 4.69) is 10.3 Å². The van der Waals surface area contributed by atoms with Crippen LogP contribution < -0.4 is 19.5 Å². The van der Waals surface area contributed by atoms with Crippen molar-refractivity contribution in [3.05, 3.63) is 78.1 Å². The Morgan fingerprint density at radius 2 is 1.56 bits per heavy atom. The minimum absolute atomic E-state index is 0.00223. The number of para-hydroxylation sites is 2. The first-order valence-corrected chi connectivity index (χ1v) is 10.9. The number of ether oxygens (including phenoxy) is 4. The molecule has 4 aromatic rings. The number of anilines is 1. The zero-order valence-electron chi connectivity index (χ0n) is 19.8. The van der Waals surface area contributed by atoms with Gasteiger partial charge in [-0.3, -0.25) is 4.79 Å². The van der Waals surface area contributed by atoms with E-state index in [9.17, 15) is 14.0 Å². The summed E-state index contributed by atoms with van der Waals surface area (Å²) in [7, 11) is 4.51. The lowest BCUT2D eigenvalue weighted by Crippen LogP contribution is -2.21. The lowest BCUT2D eigenvalue weighted by molar-refractivity contribution is -0.119. The highest BCUT2D eigenvalue weighted by Gasteiger charge is 2.19. The number of nitrogens with one attached hydrogen (secondary N) is 1. The fraction of sp³-hybridized carbons (Fsp3) is 0.148. The van der Waals surface area contributed by atoms with Crippen LogP contribution in [0.1, 0.15) is 10.4 Å². The average Bonchev–Trinajstić information content (AvgIpc) is 2.91. The topological polar surface area (TPSA) is 96.0 Å². The van der Waals surface area contributed by atoms with Crippen molar-refractivity contribution >= 4 is 28.5 Å². The van der Waals surface area contributed by atoms with Gasteiger partial charge in [0.1, 0.15) is 5.82 Å². The maximum Gasteiger partial charge on any atom is 0.339 e. The highest BCUT2D eigenvalue weighted by atomic mass is 19.1. The number of methoxy groups -OCH3 is 3. The van der Waals surface area contributed by atoms with Gasteiger partial charge in [-0.2, -0.15) is 0 Å². The van der Waals surface area contributed by atoms with E-state index < -0.39 is 24.3 Å². The van der Waals surface area contributed by atoms with E-state index in [0.717, 1.165) is 0 Å². The van der Waals surface area contributed by atoms with Crippen LogP contribution in [0.15, 0.2) is 66.7 Å². The van der Waals surface area contributed by atoms with Gasteiger partial charge in [0.05, 0.1) is 43.8 Å². The third-order valence-electron chi connectivity index (χ3n) is 5.38. The number of amides is 1. The molecule has 0 bridgehead atoms. The molecule has 0 unspecified atom stereocenters. The molecule has 4 rings (SSSR count). The SMILES string of the molecule is COc1cc(-c2cc(C(=O)OCC(=O)Nc3ccccc3F)c3ccccc3n2)cc(OC)c1OC. The normalized spacial score (nSPS) is 10.6. The summed E-state index contributed by atoms with van der Waals surface area (Å²) >= 11 is 0. The van der Waals surface area contributed by atoms with Crippen molar-refractivity contribution in [1.82, 2.24) is 4.98 Å². The Morgan fingerprint density at radius 3 is 2.22 bits per heavy atom. The van der Waals surface area contributed by atoms with Crippen molar-refractivity contribution in [3.63, 3.8) is 0 Å². The molecule has 0 aliphatic heterocycles. The summed E-state index contributed by atoms with van der Waals surface area (Å²) in [6, 6.07) is 17.8. The number of pyridine rings is 1. The summed E-state index contributed by atoms with van der Waals surface area (Å²) in [5, 5.41) is 2.93. The van der Waals surface area contributed by atoms with Crippen LogP contribution in [0.2, 0.25) is 0 Å². The van der Waals surface area contributed by atoms with E-state index in [1.807, 2.05) is 0 Å². The Hall–Kier alpha value is -4.66. The van der Waals surface area contributed by atoms with Crippen LogP contribution in [0.25, 0.3) is 22.2 Å². The second-order valence-corrected chi connectivity index (χ2v) is 7.59. The van der Waals surface area contributed by atoms with Crippen LogP contribution in [-0.4, -0.2) is 44.8 Å². The number of benzene rings is 3. The molecule has 0 aliphatic rings. The van der Waals surface area contributed by atoms with Gasteiger partial charge in [-0.25, -0.2) is 14.2 Å². The Balaban J connectivity index is 1.66. The summed E-state index contributed by atoms with van der Waals surface area (Å²) < 4.78 is 35.3. The van der Waals surface area contributed by atoms with Crippen molar-refractivity contribution in [1.29, 1.82) is 0 Å². The molecule has 184 valence electrons. The molecule has 36 heavy (non-hydrogen) atoms. The molecule has 1 aromatic heterocycles. The number of halogens is 1. The number of hydrogen-bond donors (Lipinski definition) is 1. The van der Waals surface area contributed by atoms with Crippen LogP contribution in [0, 0.1) is 5.82 Å². The van der Waals surface area contributed by atoms with E-state index in [4.69, 9.17) is 18.9 Å². The smallest absolute Gasteiger partial charge is 0.339 e. The van der Waals surface area contributed by atoms with E-state index in [0.29, 0.717) is 39.4 Å². The Kier molecular flexibility index (Phi) is 7.29. The van der Waals surface area contributed by atoms with E-state index in [1.54, 1.807) is 48.5 Å². The quantitative estimate of drug-likeness (QED) is 0.352.